The number of carbonyl (C=O) groups excluding carboxylic acids is 8. The lowest BCUT2D eigenvalue weighted by atomic mass is 10.1. The number of carbonyl (C=O) groups is 8. The Morgan fingerprint density at radius 1 is 0.219 bits per heavy atom. The molecule has 16 rings (SSSR count). The number of esters is 4. The average Bonchev–Trinajstić information content (AvgIpc) is 0.839. The van der Waals surface area contributed by atoms with E-state index in [0.29, 0.717) is 23.0 Å². The van der Waals surface area contributed by atoms with E-state index in [2.05, 4.69) is 37.3 Å². The summed E-state index contributed by atoms with van der Waals surface area (Å²) >= 11 is 0. The summed E-state index contributed by atoms with van der Waals surface area (Å²) in [6, 6.07) is 102. The lowest BCUT2D eigenvalue weighted by Crippen LogP contribution is -2.17. The van der Waals surface area contributed by atoms with Gasteiger partial charge in [-0.3, -0.25) is 48.3 Å². The first-order valence-electron chi connectivity index (χ1n) is 43.1. The molecule has 14 aromatic carbocycles. The van der Waals surface area contributed by atoms with Crippen molar-refractivity contribution in [2.24, 2.45) is 47.3 Å². The van der Waals surface area contributed by atoms with Crippen LogP contribution in [0.4, 0.5) is 22.7 Å². The molecule has 0 aliphatic carbocycles. The van der Waals surface area contributed by atoms with Gasteiger partial charge in [0, 0.05) is 91.1 Å². The molecule has 18 heteroatoms. The largest absolute Gasteiger partial charge is 0.426 e. The zero-order chi connectivity index (χ0) is 92.3. The molecule has 0 spiro atoms. The van der Waals surface area contributed by atoms with E-state index in [1.807, 2.05) is 414 Å². The van der Waals surface area contributed by atoms with Crippen molar-refractivity contribution in [1.29, 1.82) is 0 Å². The van der Waals surface area contributed by atoms with Crippen LogP contribution in [0, 0.1) is 47.3 Å². The molecule has 18 nitrogen and oxygen atoms in total. The Hall–Kier alpha value is -14.8. The van der Waals surface area contributed by atoms with E-state index in [9.17, 15) is 38.4 Å². The SMILES string of the molecule is CC(C)C(=O)Nc1ccc2ccccc2c1.CC(C)C(=O)Nc1ccc2ncccc2c1.CC(C)C(=O)Nc1cccc2ccccc12.CC(C)C(=O)Nc1cccc2ccccc12.CC(C)C(=O)Oc1ccc2ccccc2c1.CC(C)C(=O)Oc1ccc2ncccc2c1.CC(C)C(=O)Oc1cccc2ccccc12.CC(C)C(=O)Oc1cccc2ccccc12. The topological polar surface area (TPSA) is 247 Å². The summed E-state index contributed by atoms with van der Waals surface area (Å²) in [5, 5.41) is 26.8. The van der Waals surface area contributed by atoms with Crippen molar-refractivity contribution in [1.82, 2.24) is 9.97 Å². The highest BCUT2D eigenvalue weighted by Crippen LogP contribution is 2.31. The molecule has 0 saturated carbocycles. The number of rotatable bonds is 16. The number of aromatic nitrogens is 2. The van der Waals surface area contributed by atoms with Crippen LogP contribution in [0.5, 0.6) is 23.0 Å². The molecular formula is C110H114N6O12. The van der Waals surface area contributed by atoms with Crippen molar-refractivity contribution in [2.45, 2.75) is 111 Å². The standard InChI is InChI=1S/3C14H15NO.3C14H14O2.C13H14N2O.C13H13NO2/c2*1-10(2)14(16)15-13-9-5-7-11-6-3-4-8-12(11)13;1-10(2)14(16)15-13-8-7-11-5-3-4-6-12(11)9-13;2*1-10(2)14(15)16-13-9-5-7-11-6-3-4-8-12(11)13;1-10(2)14(15)16-13-8-7-11-5-3-4-6-12(11)9-13;1-9(2)13(16)15-11-5-6-12-10(8-11)4-3-7-14-12;1-9(2)13(15)16-11-5-6-12-10(8-11)4-3-7-14-12/h3*3-10H,1-2H3,(H,15,16);3*3-10H,1-2H3;3-9H,1-2H3,(H,15,16);3-9H,1-2H3. The van der Waals surface area contributed by atoms with Crippen LogP contribution in [0.3, 0.4) is 0 Å². The number of anilines is 4. The Morgan fingerprint density at radius 2 is 0.484 bits per heavy atom. The highest BCUT2D eigenvalue weighted by Gasteiger charge is 2.17. The quantitative estimate of drug-likeness (QED) is 0.0519. The maximum atomic E-state index is 11.6. The number of nitrogens with one attached hydrogen (secondary N) is 4. The number of hydrogen-bond acceptors (Lipinski definition) is 14. The maximum absolute atomic E-state index is 11.6. The van der Waals surface area contributed by atoms with E-state index >= 15 is 0 Å². The smallest absolute Gasteiger partial charge is 0.313 e. The molecule has 4 amide bonds. The van der Waals surface area contributed by atoms with Crippen molar-refractivity contribution in [3.8, 4) is 23.0 Å². The lowest BCUT2D eigenvalue weighted by Gasteiger charge is -2.10. The Bertz CT molecular complexity index is 5650. The van der Waals surface area contributed by atoms with E-state index < -0.39 is 0 Å². The van der Waals surface area contributed by atoms with Crippen LogP contribution >= 0.6 is 0 Å². The molecule has 4 N–H and O–H groups in total. The van der Waals surface area contributed by atoms with Crippen molar-refractivity contribution in [3.63, 3.8) is 0 Å². The fourth-order valence-electron chi connectivity index (χ4n) is 12.1. The Morgan fingerprint density at radius 3 is 0.875 bits per heavy atom. The van der Waals surface area contributed by atoms with Crippen LogP contribution < -0.4 is 40.2 Å². The predicted octanol–water partition coefficient (Wildman–Crippen LogP) is 26.1. The predicted molar refractivity (Wildman–Crippen MR) is 523 cm³/mol. The summed E-state index contributed by atoms with van der Waals surface area (Å²) in [5.41, 5.74) is 5.28. The summed E-state index contributed by atoms with van der Waals surface area (Å²) in [5.74, 6) is 1.37. The summed E-state index contributed by atoms with van der Waals surface area (Å²) in [6.45, 7) is 29.6. The van der Waals surface area contributed by atoms with Crippen molar-refractivity contribution in [2.75, 3.05) is 21.3 Å². The number of pyridine rings is 2. The van der Waals surface area contributed by atoms with Gasteiger partial charge < -0.3 is 40.2 Å². The van der Waals surface area contributed by atoms with Gasteiger partial charge in [0.2, 0.25) is 23.6 Å². The van der Waals surface area contributed by atoms with Crippen molar-refractivity contribution >= 4 is 157 Å². The van der Waals surface area contributed by atoms with Crippen molar-refractivity contribution in [3.05, 3.63) is 328 Å². The normalized spacial score (nSPS) is 10.7. The second kappa shape index (κ2) is 48.5. The Labute approximate surface area is 749 Å². The summed E-state index contributed by atoms with van der Waals surface area (Å²) in [7, 11) is 0. The third-order valence-corrected chi connectivity index (χ3v) is 19.6. The molecule has 2 aromatic heterocycles. The molecule has 2 heterocycles. The van der Waals surface area contributed by atoms with E-state index in [0.717, 1.165) is 104 Å². The molecular weight excluding hydrogens is 1600 g/mol. The van der Waals surface area contributed by atoms with Gasteiger partial charge >= 0.3 is 23.9 Å². The van der Waals surface area contributed by atoms with Gasteiger partial charge in [0.05, 0.1) is 34.7 Å². The van der Waals surface area contributed by atoms with Crippen LogP contribution in [0.25, 0.3) is 86.4 Å². The van der Waals surface area contributed by atoms with E-state index in [-0.39, 0.29) is 94.8 Å². The minimum Gasteiger partial charge on any atom is -0.426 e. The number of benzene rings is 14. The molecule has 0 atom stereocenters. The third-order valence-electron chi connectivity index (χ3n) is 19.6. The Balaban J connectivity index is 0.000000165. The zero-order valence-electron chi connectivity index (χ0n) is 75.6. The Kier molecular flexibility index (Phi) is 36.7. The van der Waals surface area contributed by atoms with Crippen LogP contribution in [-0.4, -0.2) is 57.5 Å². The fourth-order valence-corrected chi connectivity index (χ4v) is 12.1. The molecule has 0 radical (unpaired) electrons. The zero-order valence-corrected chi connectivity index (χ0v) is 75.6. The number of fused-ring (bicyclic) bond motifs is 8. The first-order chi connectivity index (χ1) is 61.4. The number of nitrogens with zero attached hydrogens (tertiary/aromatic N) is 2. The lowest BCUT2D eigenvalue weighted by molar-refractivity contribution is -0.138. The van der Waals surface area contributed by atoms with Gasteiger partial charge in [-0.25, -0.2) is 0 Å². The van der Waals surface area contributed by atoms with Gasteiger partial charge in [0.25, 0.3) is 0 Å². The second-order valence-electron chi connectivity index (χ2n) is 32.7. The third kappa shape index (κ3) is 29.7. The van der Waals surface area contributed by atoms with Gasteiger partial charge in [0.15, 0.2) is 0 Å². The van der Waals surface area contributed by atoms with Gasteiger partial charge in [-0.2, -0.15) is 0 Å². The number of hydrogen-bond donors (Lipinski definition) is 4. The van der Waals surface area contributed by atoms with E-state index in [1.165, 1.54) is 5.39 Å². The molecule has 0 fully saturated rings. The fraction of sp³-hybridized carbons (Fsp3) is 0.218. The van der Waals surface area contributed by atoms with Crippen LogP contribution in [0.2, 0.25) is 0 Å². The van der Waals surface area contributed by atoms with E-state index in [4.69, 9.17) is 18.9 Å². The monoisotopic (exact) mass is 1710 g/mol. The maximum Gasteiger partial charge on any atom is 0.313 e. The second-order valence-corrected chi connectivity index (χ2v) is 32.7. The highest BCUT2D eigenvalue weighted by atomic mass is 16.5. The van der Waals surface area contributed by atoms with Crippen molar-refractivity contribution < 1.29 is 57.3 Å². The number of amides is 4. The molecule has 0 saturated heterocycles. The summed E-state index contributed by atoms with van der Waals surface area (Å²) in [6.07, 6.45) is 3.50. The summed E-state index contributed by atoms with van der Waals surface area (Å²) in [4.78, 5) is 101. The molecule has 656 valence electrons. The van der Waals surface area contributed by atoms with Gasteiger partial charge in [-0.1, -0.05) is 329 Å². The molecule has 0 aliphatic heterocycles. The average molecular weight is 1710 g/mol. The van der Waals surface area contributed by atoms with Gasteiger partial charge in [0.1, 0.15) is 23.0 Å². The van der Waals surface area contributed by atoms with Gasteiger partial charge in [-0.05, 0) is 140 Å². The first-order valence-corrected chi connectivity index (χ1v) is 43.1. The first kappa shape index (κ1) is 97.0. The van der Waals surface area contributed by atoms with Crippen LogP contribution in [0.15, 0.2) is 328 Å². The molecule has 0 unspecified atom stereocenters. The molecule has 128 heavy (non-hydrogen) atoms. The van der Waals surface area contributed by atoms with Gasteiger partial charge in [-0.15, -0.1) is 0 Å². The van der Waals surface area contributed by atoms with Crippen LogP contribution in [0.1, 0.15) is 111 Å². The minimum absolute atomic E-state index is 0.000955. The summed E-state index contributed by atoms with van der Waals surface area (Å²) < 4.78 is 21.2. The molecule has 0 bridgehead atoms. The molecule has 16 aromatic rings. The number of ether oxygens (including phenoxy) is 4. The van der Waals surface area contributed by atoms with Crippen LogP contribution in [-0.2, 0) is 38.4 Å². The van der Waals surface area contributed by atoms with E-state index in [1.54, 1.807) is 18.5 Å². The minimum atomic E-state index is -0.219. The molecule has 0 aliphatic rings. The highest BCUT2D eigenvalue weighted by molar-refractivity contribution is 6.05.